The topological polar surface area (TPSA) is 9.23 Å². The third kappa shape index (κ3) is 2.60. The van der Waals surface area contributed by atoms with Gasteiger partial charge in [-0.2, -0.15) is 4.39 Å². The van der Waals surface area contributed by atoms with Crippen molar-refractivity contribution in [2.24, 2.45) is 0 Å². The van der Waals surface area contributed by atoms with Crippen molar-refractivity contribution in [1.29, 1.82) is 0 Å². The third-order valence-corrected chi connectivity index (χ3v) is 1.36. The van der Waals surface area contributed by atoms with Gasteiger partial charge in [-0.25, -0.2) is 8.78 Å². The summed E-state index contributed by atoms with van der Waals surface area (Å²) in [4.78, 5) is 0. The second-order valence-corrected chi connectivity index (χ2v) is 2.15. The molecule has 0 fully saturated rings. The van der Waals surface area contributed by atoms with E-state index >= 15 is 0 Å². The molecule has 12 heavy (non-hydrogen) atoms. The van der Waals surface area contributed by atoms with Gasteiger partial charge in [0, 0.05) is 0 Å². The van der Waals surface area contributed by atoms with Crippen LogP contribution in [0.3, 0.4) is 0 Å². The van der Waals surface area contributed by atoms with Crippen LogP contribution < -0.4 is 0 Å². The molecule has 0 rings (SSSR count). The average molecular weight is 180 g/mol. The van der Waals surface area contributed by atoms with Crippen LogP contribution in [0.1, 0.15) is 20.3 Å². The van der Waals surface area contributed by atoms with Crippen LogP contribution in [0, 0.1) is 0 Å². The number of halogens is 3. The molecule has 0 unspecified atom stereocenters. The molecule has 0 bridgehead atoms. The molecule has 0 N–H and O–H groups in total. The smallest absolute Gasteiger partial charge is 0.198 e. The molecule has 4 heteroatoms. The monoisotopic (exact) mass is 180 g/mol. The number of ether oxygens (including phenoxy) is 1. The van der Waals surface area contributed by atoms with Gasteiger partial charge in [0.1, 0.15) is 11.6 Å². The van der Waals surface area contributed by atoms with E-state index in [0.29, 0.717) is 0 Å². The first-order valence-corrected chi connectivity index (χ1v) is 3.49. The Balaban J connectivity index is 4.82. The lowest BCUT2D eigenvalue weighted by Gasteiger charge is -2.01. The molecule has 0 radical (unpaired) electrons. The Hall–Kier alpha value is -0.930. The first-order valence-electron chi connectivity index (χ1n) is 3.49. The van der Waals surface area contributed by atoms with Crippen molar-refractivity contribution in [2.45, 2.75) is 20.3 Å². The highest BCUT2D eigenvalue weighted by atomic mass is 19.2. The molecule has 0 atom stereocenters. The second kappa shape index (κ2) is 4.85. The molecule has 0 aliphatic heterocycles. The summed E-state index contributed by atoms with van der Waals surface area (Å²) in [6.45, 7) is 2.61. The molecular weight excluding hydrogens is 169 g/mol. The van der Waals surface area contributed by atoms with Crippen LogP contribution >= 0.6 is 0 Å². The molecule has 0 aromatic carbocycles. The fraction of sp³-hybridized carbons (Fsp3) is 0.500. The van der Waals surface area contributed by atoms with E-state index < -0.39 is 17.5 Å². The fourth-order valence-electron chi connectivity index (χ4n) is 0.518. The summed E-state index contributed by atoms with van der Waals surface area (Å²) in [5.74, 6) is -4.13. The maximum absolute atomic E-state index is 12.7. The largest absolute Gasteiger partial charge is 0.498 e. The Morgan fingerprint density at radius 3 is 2.00 bits per heavy atom. The van der Waals surface area contributed by atoms with Gasteiger partial charge in [-0.3, -0.25) is 0 Å². The summed E-state index contributed by atoms with van der Waals surface area (Å²) in [5.41, 5.74) is 0. The molecule has 0 saturated carbocycles. The predicted molar refractivity (Wildman–Crippen MR) is 40.4 cm³/mol. The zero-order valence-corrected chi connectivity index (χ0v) is 7.25. The first-order chi connectivity index (χ1) is 5.54. The number of rotatable bonds is 3. The van der Waals surface area contributed by atoms with Crippen LogP contribution in [-0.4, -0.2) is 7.11 Å². The van der Waals surface area contributed by atoms with E-state index in [1.807, 2.05) is 0 Å². The standard InChI is InChI=1S/C8H11F3O/c1-4-6(9)8(11)7(10)5(2)12-3/h4H2,1-3H3/b7-5-,8-6-. The lowest BCUT2D eigenvalue weighted by molar-refractivity contribution is 0.274. The summed E-state index contributed by atoms with van der Waals surface area (Å²) in [6.07, 6.45) is -0.170. The fourth-order valence-corrected chi connectivity index (χ4v) is 0.518. The van der Waals surface area contributed by atoms with Crippen molar-refractivity contribution in [1.82, 2.24) is 0 Å². The van der Waals surface area contributed by atoms with Crippen molar-refractivity contribution < 1.29 is 17.9 Å². The first kappa shape index (κ1) is 11.1. The Morgan fingerprint density at radius 2 is 1.67 bits per heavy atom. The summed E-state index contributed by atoms with van der Waals surface area (Å²) in [7, 11) is 1.19. The van der Waals surface area contributed by atoms with Gasteiger partial charge in [0.05, 0.1) is 7.11 Å². The number of methoxy groups -OCH3 is 1. The Morgan fingerprint density at radius 1 is 1.17 bits per heavy atom. The van der Waals surface area contributed by atoms with Crippen molar-refractivity contribution in [2.75, 3.05) is 7.11 Å². The Kier molecular flexibility index (Phi) is 4.47. The molecule has 0 aliphatic carbocycles. The third-order valence-electron chi connectivity index (χ3n) is 1.36. The molecule has 70 valence electrons. The van der Waals surface area contributed by atoms with Crippen LogP contribution in [0.2, 0.25) is 0 Å². The number of hydrogen-bond acceptors (Lipinski definition) is 1. The lowest BCUT2D eigenvalue weighted by Crippen LogP contribution is -1.88. The molecule has 0 saturated heterocycles. The highest BCUT2D eigenvalue weighted by molar-refractivity contribution is 5.23. The molecule has 0 aliphatic rings. The molecule has 0 aromatic rings. The highest BCUT2D eigenvalue weighted by Crippen LogP contribution is 2.23. The van der Waals surface area contributed by atoms with E-state index in [9.17, 15) is 13.2 Å². The van der Waals surface area contributed by atoms with Gasteiger partial charge in [-0.1, -0.05) is 6.92 Å². The quantitative estimate of drug-likeness (QED) is 0.477. The van der Waals surface area contributed by atoms with Gasteiger partial charge in [0.25, 0.3) is 0 Å². The SMILES string of the molecule is CC/C(F)=C(F)\C(F)=C(/C)OC. The Bertz CT molecular complexity index is 194. The van der Waals surface area contributed by atoms with Crippen LogP contribution in [0.25, 0.3) is 0 Å². The summed E-state index contributed by atoms with van der Waals surface area (Å²) >= 11 is 0. The normalized spacial score (nSPS) is 15.2. The van der Waals surface area contributed by atoms with E-state index in [1.54, 1.807) is 0 Å². The van der Waals surface area contributed by atoms with Gasteiger partial charge < -0.3 is 4.74 Å². The molecular formula is C8H11F3O. The van der Waals surface area contributed by atoms with Gasteiger partial charge in [-0.05, 0) is 13.3 Å². The van der Waals surface area contributed by atoms with Gasteiger partial charge in [0.2, 0.25) is 0 Å². The van der Waals surface area contributed by atoms with E-state index in [-0.39, 0.29) is 12.2 Å². The maximum Gasteiger partial charge on any atom is 0.198 e. The van der Waals surface area contributed by atoms with Crippen molar-refractivity contribution in [3.63, 3.8) is 0 Å². The van der Waals surface area contributed by atoms with Gasteiger partial charge in [-0.15, -0.1) is 0 Å². The van der Waals surface area contributed by atoms with Crippen LogP contribution in [-0.2, 0) is 4.74 Å². The average Bonchev–Trinajstić information content (AvgIpc) is 2.12. The van der Waals surface area contributed by atoms with Crippen LogP contribution in [0.15, 0.2) is 23.2 Å². The number of allylic oxidation sites excluding steroid dienone is 4. The van der Waals surface area contributed by atoms with Crippen LogP contribution in [0.5, 0.6) is 0 Å². The van der Waals surface area contributed by atoms with E-state index in [0.717, 1.165) is 0 Å². The minimum absolute atomic E-state index is 0.170. The minimum atomic E-state index is -1.48. The number of hydrogen-bond donors (Lipinski definition) is 0. The van der Waals surface area contributed by atoms with Crippen molar-refractivity contribution in [3.05, 3.63) is 23.2 Å². The molecule has 0 amide bonds. The van der Waals surface area contributed by atoms with E-state index in [4.69, 9.17) is 0 Å². The van der Waals surface area contributed by atoms with Crippen molar-refractivity contribution in [3.8, 4) is 0 Å². The van der Waals surface area contributed by atoms with E-state index in [1.165, 1.54) is 21.0 Å². The summed E-state index contributed by atoms with van der Waals surface area (Å²) in [5, 5.41) is 0. The molecule has 1 nitrogen and oxygen atoms in total. The Labute approximate surface area is 69.5 Å². The highest BCUT2D eigenvalue weighted by Gasteiger charge is 2.13. The van der Waals surface area contributed by atoms with Crippen molar-refractivity contribution >= 4 is 0 Å². The van der Waals surface area contributed by atoms with Gasteiger partial charge >= 0.3 is 0 Å². The predicted octanol–water partition coefficient (Wildman–Crippen LogP) is 3.39. The lowest BCUT2D eigenvalue weighted by atomic mass is 10.3. The molecule has 0 aromatic heterocycles. The summed E-state index contributed by atoms with van der Waals surface area (Å²) in [6, 6.07) is 0. The van der Waals surface area contributed by atoms with Crippen LogP contribution in [0.4, 0.5) is 13.2 Å². The van der Waals surface area contributed by atoms with Gasteiger partial charge in [0.15, 0.2) is 11.7 Å². The zero-order valence-electron chi connectivity index (χ0n) is 7.25. The molecule has 0 spiro atoms. The summed E-state index contributed by atoms with van der Waals surface area (Å²) < 4.78 is 42.2. The van der Waals surface area contributed by atoms with E-state index in [2.05, 4.69) is 4.74 Å². The second-order valence-electron chi connectivity index (χ2n) is 2.15. The molecule has 0 heterocycles. The maximum atomic E-state index is 12.7. The minimum Gasteiger partial charge on any atom is -0.498 e. The zero-order chi connectivity index (χ0) is 9.72.